The van der Waals surface area contributed by atoms with E-state index in [0.29, 0.717) is 17.2 Å². The molecule has 16 heavy (non-hydrogen) atoms. The van der Waals surface area contributed by atoms with Crippen molar-refractivity contribution in [3.8, 4) is 0 Å². The maximum absolute atomic E-state index is 5.80. The minimum atomic E-state index is 0.395. The van der Waals surface area contributed by atoms with Crippen LogP contribution in [0.25, 0.3) is 0 Å². The Bertz CT molecular complexity index is 305. The lowest BCUT2D eigenvalue weighted by Crippen LogP contribution is -2.11. The Morgan fingerprint density at radius 3 is 2.06 bits per heavy atom. The van der Waals surface area contributed by atoms with Crippen LogP contribution in [0.4, 0.5) is 0 Å². The summed E-state index contributed by atoms with van der Waals surface area (Å²) < 4.78 is 0. The van der Waals surface area contributed by atoms with Crippen LogP contribution in [-0.2, 0) is 5.88 Å². The molecule has 1 heteroatoms. The first-order chi connectivity index (χ1) is 7.46. The number of benzene rings is 1. The van der Waals surface area contributed by atoms with Gasteiger partial charge < -0.3 is 0 Å². The van der Waals surface area contributed by atoms with E-state index in [2.05, 4.69) is 52.0 Å². The van der Waals surface area contributed by atoms with Gasteiger partial charge >= 0.3 is 0 Å². The fourth-order valence-corrected chi connectivity index (χ4v) is 2.29. The zero-order chi connectivity index (χ0) is 12.2. The van der Waals surface area contributed by atoms with E-state index in [1.165, 1.54) is 24.0 Å². The molecule has 1 aromatic carbocycles. The van der Waals surface area contributed by atoms with Gasteiger partial charge in [0.15, 0.2) is 0 Å². The molecule has 0 aliphatic carbocycles. The van der Waals surface area contributed by atoms with Crippen molar-refractivity contribution in [3.05, 3.63) is 35.4 Å². The van der Waals surface area contributed by atoms with Crippen LogP contribution in [-0.4, -0.2) is 0 Å². The number of alkyl halides is 1. The molecule has 0 nitrogen and oxygen atoms in total. The average molecular weight is 239 g/mol. The van der Waals surface area contributed by atoms with Crippen LogP contribution in [0.15, 0.2) is 24.3 Å². The molecular weight excluding hydrogens is 216 g/mol. The molecule has 0 saturated heterocycles. The first-order valence-corrected chi connectivity index (χ1v) is 6.64. The summed E-state index contributed by atoms with van der Waals surface area (Å²) in [5, 5.41) is 0. The Balaban J connectivity index is 2.79. The van der Waals surface area contributed by atoms with Gasteiger partial charge in [0, 0.05) is 5.88 Å². The third kappa shape index (κ3) is 4.17. The van der Waals surface area contributed by atoms with Gasteiger partial charge in [-0.2, -0.15) is 0 Å². The van der Waals surface area contributed by atoms with E-state index >= 15 is 0 Å². The predicted octanol–water partition coefficient (Wildman–Crippen LogP) is 5.36. The molecule has 0 fully saturated rings. The fraction of sp³-hybridized carbons (Fsp3) is 0.600. The first kappa shape index (κ1) is 13.6. The summed E-state index contributed by atoms with van der Waals surface area (Å²) in [5.41, 5.74) is 3.05. The molecule has 0 aliphatic heterocycles. The molecule has 0 saturated carbocycles. The Hall–Kier alpha value is -0.490. The Kier molecular flexibility index (Phi) is 4.86. The molecule has 1 atom stereocenters. The standard InChI is InChI=1S/C15H23Cl/c1-5-13(10-15(2,3)4)14-8-6-12(11-16)7-9-14/h6-9,13H,5,10-11H2,1-4H3. The van der Waals surface area contributed by atoms with E-state index < -0.39 is 0 Å². The Morgan fingerprint density at radius 2 is 1.69 bits per heavy atom. The second-order valence-corrected chi connectivity index (χ2v) is 6.01. The van der Waals surface area contributed by atoms with Crippen LogP contribution in [0.3, 0.4) is 0 Å². The molecule has 1 aromatic rings. The smallest absolute Gasteiger partial charge is 0.0474 e. The molecule has 0 aliphatic rings. The molecule has 0 radical (unpaired) electrons. The van der Waals surface area contributed by atoms with Gasteiger partial charge in [0.05, 0.1) is 0 Å². The monoisotopic (exact) mass is 238 g/mol. The van der Waals surface area contributed by atoms with Crippen molar-refractivity contribution in [3.63, 3.8) is 0 Å². The highest BCUT2D eigenvalue weighted by Crippen LogP contribution is 2.33. The summed E-state index contributed by atoms with van der Waals surface area (Å²) in [6.45, 7) is 9.19. The minimum absolute atomic E-state index is 0.395. The van der Waals surface area contributed by atoms with Gasteiger partial charge in [-0.25, -0.2) is 0 Å². The van der Waals surface area contributed by atoms with Crippen molar-refractivity contribution >= 4 is 11.6 Å². The predicted molar refractivity (Wildman–Crippen MR) is 73.1 cm³/mol. The topological polar surface area (TPSA) is 0 Å². The summed E-state index contributed by atoms with van der Waals surface area (Å²) in [4.78, 5) is 0. The summed E-state index contributed by atoms with van der Waals surface area (Å²) in [5.74, 6) is 1.28. The van der Waals surface area contributed by atoms with Gasteiger partial charge in [0.25, 0.3) is 0 Å². The summed E-state index contributed by atoms with van der Waals surface area (Å²) >= 11 is 5.80. The van der Waals surface area contributed by atoms with E-state index in [0.717, 1.165) is 0 Å². The lowest BCUT2D eigenvalue weighted by atomic mass is 9.80. The van der Waals surface area contributed by atoms with Gasteiger partial charge in [-0.05, 0) is 35.3 Å². The van der Waals surface area contributed by atoms with Crippen molar-refractivity contribution in [2.75, 3.05) is 0 Å². The summed E-state index contributed by atoms with van der Waals surface area (Å²) in [6.07, 6.45) is 2.45. The van der Waals surface area contributed by atoms with Crippen LogP contribution in [0.2, 0.25) is 0 Å². The first-order valence-electron chi connectivity index (χ1n) is 6.11. The number of hydrogen-bond donors (Lipinski definition) is 0. The van der Waals surface area contributed by atoms with E-state index in [1.54, 1.807) is 0 Å². The minimum Gasteiger partial charge on any atom is -0.122 e. The molecule has 0 spiro atoms. The third-order valence-electron chi connectivity index (χ3n) is 2.96. The zero-order valence-electron chi connectivity index (χ0n) is 10.9. The van der Waals surface area contributed by atoms with Crippen molar-refractivity contribution < 1.29 is 0 Å². The molecule has 0 heterocycles. The van der Waals surface area contributed by atoms with Crippen molar-refractivity contribution in [2.24, 2.45) is 5.41 Å². The number of rotatable bonds is 4. The van der Waals surface area contributed by atoms with Gasteiger partial charge in [-0.15, -0.1) is 11.6 Å². The van der Waals surface area contributed by atoms with Crippen molar-refractivity contribution in [2.45, 2.75) is 52.3 Å². The highest BCUT2D eigenvalue weighted by Gasteiger charge is 2.18. The lowest BCUT2D eigenvalue weighted by molar-refractivity contribution is 0.335. The highest BCUT2D eigenvalue weighted by atomic mass is 35.5. The summed E-state index contributed by atoms with van der Waals surface area (Å²) in [7, 11) is 0. The Labute approximate surface area is 105 Å². The molecular formula is C15H23Cl. The molecule has 90 valence electrons. The van der Waals surface area contributed by atoms with Crippen molar-refractivity contribution in [1.29, 1.82) is 0 Å². The van der Waals surface area contributed by atoms with E-state index in [9.17, 15) is 0 Å². The molecule has 1 unspecified atom stereocenters. The van der Waals surface area contributed by atoms with Crippen LogP contribution in [0, 0.1) is 5.41 Å². The molecule has 1 rings (SSSR count). The van der Waals surface area contributed by atoms with Crippen LogP contribution in [0.5, 0.6) is 0 Å². The van der Waals surface area contributed by atoms with Gasteiger partial charge in [0.2, 0.25) is 0 Å². The summed E-state index contributed by atoms with van der Waals surface area (Å²) in [6, 6.07) is 8.76. The van der Waals surface area contributed by atoms with E-state index in [1.807, 2.05) is 0 Å². The van der Waals surface area contributed by atoms with Crippen LogP contribution in [0.1, 0.15) is 57.6 Å². The molecule has 0 aromatic heterocycles. The fourth-order valence-electron chi connectivity index (χ4n) is 2.12. The molecule has 0 bridgehead atoms. The van der Waals surface area contributed by atoms with Crippen LogP contribution < -0.4 is 0 Å². The third-order valence-corrected chi connectivity index (χ3v) is 3.27. The van der Waals surface area contributed by atoms with Gasteiger partial charge in [-0.1, -0.05) is 52.0 Å². The zero-order valence-corrected chi connectivity index (χ0v) is 11.6. The maximum atomic E-state index is 5.80. The largest absolute Gasteiger partial charge is 0.122 e. The second kappa shape index (κ2) is 5.72. The lowest BCUT2D eigenvalue weighted by Gasteiger charge is -2.25. The Morgan fingerprint density at radius 1 is 1.12 bits per heavy atom. The van der Waals surface area contributed by atoms with Crippen LogP contribution >= 0.6 is 11.6 Å². The average Bonchev–Trinajstić information content (AvgIpc) is 2.25. The van der Waals surface area contributed by atoms with Gasteiger partial charge in [-0.3, -0.25) is 0 Å². The molecule has 0 amide bonds. The normalized spacial score (nSPS) is 13.8. The molecule has 0 N–H and O–H groups in total. The number of halogens is 1. The quantitative estimate of drug-likeness (QED) is 0.620. The highest BCUT2D eigenvalue weighted by molar-refractivity contribution is 6.17. The number of hydrogen-bond acceptors (Lipinski definition) is 0. The maximum Gasteiger partial charge on any atom is 0.0474 e. The SMILES string of the molecule is CCC(CC(C)(C)C)c1ccc(CCl)cc1. The van der Waals surface area contributed by atoms with E-state index in [4.69, 9.17) is 11.6 Å². The second-order valence-electron chi connectivity index (χ2n) is 5.75. The van der Waals surface area contributed by atoms with Gasteiger partial charge in [0.1, 0.15) is 0 Å². The van der Waals surface area contributed by atoms with Crippen molar-refractivity contribution in [1.82, 2.24) is 0 Å². The van der Waals surface area contributed by atoms with E-state index in [-0.39, 0.29) is 0 Å².